The Hall–Kier alpha value is -2.58. The van der Waals surface area contributed by atoms with E-state index >= 15 is 0 Å². The van der Waals surface area contributed by atoms with E-state index in [1.807, 2.05) is 66.7 Å². The van der Waals surface area contributed by atoms with Gasteiger partial charge in [0.2, 0.25) is 0 Å². The summed E-state index contributed by atoms with van der Waals surface area (Å²) in [5, 5.41) is 23.4. The number of ether oxygens (including phenoxy) is 2. The van der Waals surface area contributed by atoms with Crippen LogP contribution in [0.3, 0.4) is 0 Å². The maximum atomic E-state index is 10.8. The molecule has 0 amide bonds. The Morgan fingerprint density at radius 1 is 0.889 bits per heavy atom. The Morgan fingerprint density at radius 2 is 1.39 bits per heavy atom. The maximum Gasteiger partial charge on any atom is 0.261 e. The van der Waals surface area contributed by atoms with E-state index in [2.05, 4.69) is 51.6 Å². The first-order valence-corrected chi connectivity index (χ1v) is 14.2. The van der Waals surface area contributed by atoms with Crippen molar-refractivity contribution in [1.82, 2.24) is 0 Å². The Labute approximate surface area is 215 Å². The van der Waals surface area contributed by atoms with Gasteiger partial charge in [0.25, 0.3) is 8.32 Å². The normalized spacial score (nSPS) is 24.5. The molecular weight excluding hydrogens is 468 g/mol. The maximum absolute atomic E-state index is 10.8. The molecule has 36 heavy (non-hydrogen) atoms. The Morgan fingerprint density at radius 3 is 1.86 bits per heavy atom. The van der Waals surface area contributed by atoms with Crippen molar-refractivity contribution in [3.05, 3.63) is 109 Å². The van der Waals surface area contributed by atoms with Crippen LogP contribution in [-0.2, 0) is 20.5 Å². The molecule has 1 aliphatic heterocycles. The van der Waals surface area contributed by atoms with Crippen LogP contribution in [-0.4, -0.2) is 49.2 Å². The van der Waals surface area contributed by atoms with E-state index in [-0.39, 0.29) is 18.3 Å². The zero-order valence-corrected chi connectivity index (χ0v) is 22.2. The summed E-state index contributed by atoms with van der Waals surface area (Å²) in [7, 11) is -2.89. The molecule has 0 unspecified atom stereocenters. The van der Waals surface area contributed by atoms with Crippen molar-refractivity contribution in [3.8, 4) is 0 Å². The lowest BCUT2D eigenvalue weighted by Gasteiger charge is -2.45. The molecule has 0 saturated carbocycles. The zero-order chi connectivity index (χ0) is 25.8. The summed E-state index contributed by atoms with van der Waals surface area (Å²) in [4.78, 5) is 0. The minimum atomic E-state index is -2.89. The van der Waals surface area contributed by atoms with E-state index in [1.54, 1.807) is 6.08 Å². The molecule has 190 valence electrons. The molecule has 0 radical (unpaired) electrons. The smallest absolute Gasteiger partial charge is 0.261 e. The van der Waals surface area contributed by atoms with E-state index < -0.39 is 32.4 Å². The second-order valence-corrected chi connectivity index (χ2v) is 14.6. The minimum absolute atomic E-state index is 0.0668. The number of hydrogen-bond donors (Lipinski definition) is 2. The summed E-state index contributed by atoms with van der Waals surface area (Å²) >= 11 is 0. The fraction of sp³-hybridized carbons (Fsp3) is 0.333. The van der Waals surface area contributed by atoms with Crippen LogP contribution < -0.4 is 10.4 Å². The molecule has 1 saturated heterocycles. The van der Waals surface area contributed by atoms with Crippen LogP contribution in [0, 0.1) is 0 Å². The third-order valence-corrected chi connectivity index (χ3v) is 12.0. The number of aliphatic hydroxyl groups is 2. The quantitative estimate of drug-likeness (QED) is 0.343. The molecule has 6 heteroatoms. The van der Waals surface area contributed by atoms with Gasteiger partial charge in [0.05, 0.1) is 13.2 Å². The van der Waals surface area contributed by atoms with Crippen molar-refractivity contribution in [2.45, 2.75) is 56.5 Å². The molecule has 0 aromatic heterocycles. The summed E-state index contributed by atoms with van der Waals surface area (Å²) in [5.74, 6) is 0. The highest BCUT2D eigenvalue weighted by Crippen LogP contribution is 2.40. The molecule has 1 heterocycles. The molecule has 0 spiro atoms. The molecule has 5 nitrogen and oxygen atoms in total. The number of rotatable bonds is 9. The zero-order valence-electron chi connectivity index (χ0n) is 21.2. The van der Waals surface area contributed by atoms with Crippen molar-refractivity contribution in [2.75, 3.05) is 6.61 Å². The van der Waals surface area contributed by atoms with Crippen LogP contribution in [0.4, 0.5) is 0 Å². The van der Waals surface area contributed by atoms with Gasteiger partial charge in [0.1, 0.15) is 17.8 Å². The Balaban J connectivity index is 1.72. The Kier molecular flexibility index (Phi) is 7.95. The summed E-state index contributed by atoms with van der Waals surface area (Å²) in [6, 6.07) is 30.3. The number of hydrogen-bond acceptors (Lipinski definition) is 5. The van der Waals surface area contributed by atoms with Gasteiger partial charge in [-0.2, -0.15) is 0 Å². The fourth-order valence-corrected chi connectivity index (χ4v) is 9.72. The molecule has 4 rings (SSSR count). The van der Waals surface area contributed by atoms with Crippen molar-refractivity contribution < 1.29 is 24.1 Å². The SMILES string of the molecule is C=C[C@]1(CO[Si](c2ccccc2)(c2ccccc2)C(C)(C)C)O[C@H](O)[C@H](O)[C@@H]1OCc1ccccc1. The van der Waals surface area contributed by atoms with E-state index in [0.29, 0.717) is 0 Å². The lowest BCUT2D eigenvalue weighted by atomic mass is 9.96. The summed E-state index contributed by atoms with van der Waals surface area (Å²) in [6.45, 7) is 10.9. The lowest BCUT2D eigenvalue weighted by Crippen LogP contribution is -2.68. The van der Waals surface area contributed by atoms with Gasteiger partial charge in [-0.25, -0.2) is 0 Å². The third-order valence-electron chi connectivity index (χ3n) is 6.97. The molecule has 4 atom stereocenters. The average Bonchev–Trinajstić information content (AvgIpc) is 3.13. The second-order valence-electron chi connectivity index (χ2n) is 10.3. The summed E-state index contributed by atoms with van der Waals surface area (Å²) in [6.07, 6.45) is -1.91. The van der Waals surface area contributed by atoms with Gasteiger partial charge in [-0.15, -0.1) is 6.58 Å². The topological polar surface area (TPSA) is 68.2 Å². The van der Waals surface area contributed by atoms with Crippen LogP contribution in [0.2, 0.25) is 5.04 Å². The number of aliphatic hydroxyl groups excluding tert-OH is 2. The van der Waals surface area contributed by atoms with Gasteiger partial charge >= 0.3 is 0 Å². The largest absolute Gasteiger partial charge is 0.404 e. The standard InChI is InChI=1S/C30H36O5Si/c1-5-30(27(26(31)28(32)35-30)33-21-23-15-9-6-10-16-23)22-34-36(29(2,3)4,24-17-11-7-12-18-24)25-19-13-8-14-20-25/h5-20,26-28,31-32H,1,21-22H2,2-4H3/t26-,27+,28+,30-/m1/s1. The van der Waals surface area contributed by atoms with E-state index in [4.69, 9.17) is 13.9 Å². The highest BCUT2D eigenvalue weighted by Gasteiger charge is 2.57. The van der Waals surface area contributed by atoms with Crippen LogP contribution in [0.15, 0.2) is 104 Å². The van der Waals surface area contributed by atoms with Crippen molar-refractivity contribution in [2.24, 2.45) is 0 Å². The Bertz CT molecular complexity index is 1080. The van der Waals surface area contributed by atoms with E-state index in [1.165, 1.54) is 0 Å². The van der Waals surface area contributed by atoms with E-state index in [9.17, 15) is 10.2 Å². The van der Waals surface area contributed by atoms with Gasteiger partial charge in [-0.1, -0.05) is 118 Å². The molecule has 3 aromatic carbocycles. The van der Waals surface area contributed by atoms with Crippen LogP contribution in [0.5, 0.6) is 0 Å². The van der Waals surface area contributed by atoms with E-state index in [0.717, 1.165) is 15.9 Å². The van der Waals surface area contributed by atoms with Gasteiger partial charge in [0.15, 0.2) is 6.29 Å². The first kappa shape index (κ1) is 26.5. The first-order chi connectivity index (χ1) is 17.2. The highest BCUT2D eigenvalue weighted by atomic mass is 28.4. The molecule has 3 aromatic rings. The molecule has 2 N–H and O–H groups in total. The van der Waals surface area contributed by atoms with Gasteiger partial charge in [-0.05, 0) is 21.0 Å². The summed E-state index contributed by atoms with van der Waals surface area (Å²) < 4.78 is 19.2. The van der Waals surface area contributed by atoms with Gasteiger partial charge in [-0.3, -0.25) is 0 Å². The first-order valence-electron chi connectivity index (χ1n) is 12.3. The van der Waals surface area contributed by atoms with Crippen LogP contribution >= 0.6 is 0 Å². The molecule has 0 bridgehead atoms. The molecule has 0 aliphatic carbocycles. The van der Waals surface area contributed by atoms with Crippen molar-refractivity contribution >= 4 is 18.7 Å². The van der Waals surface area contributed by atoms with Gasteiger partial charge in [0, 0.05) is 0 Å². The van der Waals surface area contributed by atoms with Crippen LogP contribution in [0.25, 0.3) is 0 Å². The number of benzene rings is 3. The monoisotopic (exact) mass is 504 g/mol. The van der Waals surface area contributed by atoms with Gasteiger partial charge < -0.3 is 24.1 Å². The minimum Gasteiger partial charge on any atom is -0.404 e. The second kappa shape index (κ2) is 10.8. The van der Waals surface area contributed by atoms with Crippen molar-refractivity contribution in [3.63, 3.8) is 0 Å². The predicted octanol–water partition coefficient (Wildman–Crippen LogP) is 3.78. The predicted molar refractivity (Wildman–Crippen MR) is 145 cm³/mol. The molecule has 1 aliphatic rings. The van der Waals surface area contributed by atoms with Crippen LogP contribution in [0.1, 0.15) is 26.3 Å². The third kappa shape index (κ3) is 4.98. The fourth-order valence-electron chi connectivity index (χ4n) is 5.12. The lowest BCUT2D eigenvalue weighted by molar-refractivity contribution is -0.156. The molecular formula is C30H36O5Si. The molecule has 1 fully saturated rings. The highest BCUT2D eigenvalue weighted by molar-refractivity contribution is 6.99. The van der Waals surface area contributed by atoms with Crippen molar-refractivity contribution in [1.29, 1.82) is 0 Å². The average molecular weight is 505 g/mol. The summed E-state index contributed by atoms with van der Waals surface area (Å²) in [5.41, 5.74) is -0.280.